The lowest BCUT2D eigenvalue weighted by Gasteiger charge is -2.28. The second-order valence-electron chi connectivity index (χ2n) is 6.50. The van der Waals surface area contributed by atoms with Gasteiger partial charge in [-0.1, -0.05) is 0 Å². The van der Waals surface area contributed by atoms with Gasteiger partial charge in [0, 0.05) is 18.1 Å². The van der Waals surface area contributed by atoms with Crippen molar-refractivity contribution in [2.75, 3.05) is 33.1 Å². The highest BCUT2D eigenvalue weighted by Gasteiger charge is 2.34. The Bertz CT molecular complexity index is 833. The van der Waals surface area contributed by atoms with Crippen LogP contribution >= 0.6 is 11.3 Å². The molecule has 0 saturated carbocycles. The van der Waals surface area contributed by atoms with Crippen LogP contribution in [0.25, 0.3) is 0 Å². The topological polar surface area (TPSA) is 64.0 Å². The van der Waals surface area contributed by atoms with E-state index < -0.39 is 0 Å². The lowest BCUT2D eigenvalue weighted by Crippen LogP contribution is -3.08. The summed E-state index contributed by atoms with van der Waals surface area (Å²) in [4.78, 5) is 15.6. The number of hydrogen-bond acceptors (Lipinski definition) is 5. The van der Waals surface area contributed by atoms with Crippen molar-refractivity contribution in [3.05, 3.63) is 39.8 Å². The second-order valence-corrected chi connectivity index (χ2v) is 7.61. The van der Waals surface area contributed by atoms with Crippen LogP contribution in [0.4, 0.5) is 5.00 Å². The molecule has 2 atom stereocenters. The molecule has 132 valence electrons. The molecule has 4 rings (SSSR count). The molecule has 0 radical (unpaired) electrons. The molecule has 0 fully saturated rings. The molecule has 0 bridgehead atoms. The van der Waals surface area contributed by atoms with Crippen molar-refractivity contribution >= 4 is 22.2 Å². The maximum Gasteiger partial charge on any atom is 0.256 e. The summed E-state index contributed by atoms with van der Waals surface area (Å²) in [6.07, 6.45) is 0.643. The lowest BCUT2D eigenvalue weighted by atomic mass is 10.0. The van der Waals surface area contributed by atoms with Crippen molar-refractivity contribution in [3.63, 3.8) is 0 Å². The molecule has 25 heavy (non-hydrogen) atoms. The van der Waals surface area contributed by atoms with E-state index in [1.807, 2.05) is 18.2 Å². The summed E-state index contributed by atoms with van der Waals surface area (Å²) in [6.45, 7) is 2.05. The minimum absolute atomic E-state index is 0.00586. The van der Waals surface area contributed by atoms with Gasteiger partial charge < -0.3 is 25.0 Å². The van der Waals surface area contributed by atoms with Gasteiger partial charge >= 0.3 is 0 Å². The molecule has 0 spiro atoms. The number of hydrogen-bond donors (Lipinski definition) is 3. The third-order valence-corrected chi connectivity index (χ3v) is 6.05. The van der Waals surface area contributed by atoms with Crippen LogP contribution in [-0.4, -0.2) is 33.7 Å². The third kappa shape index (κ3) is 2.73. The Balaban J connectivity index is 1.69. The van der Waals surface area contributed by atoms with Crippen LogP contribution in [0.1, 0.15) is 32.5 Å². The number of methoxy groups -OCH3 is 2. The van der Waals surface area contributed by atoms with Gasteiger partial charge in [0.25, 0.3) is 5.91 Å². The number of amides is 1. The molecule has 1 amide bonds. The van der Waals surface area contributed by atoms with Crippen LogP contribution in [0, 0.1) is 0 Å². The largest absolute Gasteiger partial charge is 0.497 e. The van der Waals surface area contributed by atoms with Crippen molar-refractivity contribution in [1.29, 1.82) is 0 Å². The summed E-state index contributed by atoms with van der Waals surface area (Å²) in [5.41, 5.74) is 2.93. The van der Waals surface area contributed by atoms with Crippen LogP contribution in [-0.2, 0) is 13.0 Å². The van der Waals surface area contributed by atoms with Gasteiger partial charge in [0.15, 0.2) is 0 Å². The predicted molar refractivity (Wildman–Crippen MR) is 96.9 cm³/mol. The van der Waals surface area contributed by atoms with E-state index in [1.54, 1.807) is 25.6 Å². The fraction of sp³-hybridized carbons (Fsp3) is 0.389. The van der Waals surface area contributed by atoms with Gasteiger partial charge in [-0.3, -0.25) is 4.79 Å². The number of likely N-dealkylation sites (N-methyl/N-ethyl adjacent to an activating group) is 1. The van der Waals surface area contributed by atoms with Crippen LogP contribution in [0.15, 0.2) is 18.2 Å². The predicted octanol–water partition coefficient (Wildman–Crippen LogP) is 1.19. The average Bonchev–Trinajstić information content (AvgIpc) is 2.98. The van der Waals surface area contributed by atoms with Crippen molar-refractivity contribution < 1.29 is 19.2 Å². The fourth-order valence-electron chi connectivity index (χ4n) is 3.55. The first-order valence-corrected chi connectivity index (χ1v) is 9.17. The molecule has 0 aliphatic carbocycles. The Morgan fingerprint density at radius 3 is 2.84 bits per heavy atom. The summed E-state index contributed by atoms with van der Waals surface area (Å²) in [7, 11) is 5.44. The smallest absolute Gasteiger partial charge is 0.256 e. The van der Waals surface area contributed by atoms with Crippen molar-refractivity contribution in [1.82, 2.24) is 5.32 Å². The van der Waals surface area contributed by atoms with Crippen LogP contribution in [0.2, 0.25) is 0 Å². The Morgan fingerprint density at radius 1 is 1.24 bits per heavy atom. The molecule has 1 aromatic heterocycles. The normalized spacial score (nSPS) is 21.6. The van der Waals surface area contributed by atoms with E-state index in [1.165, 1.54) is 15.3 Å². The van der Waals surface area contributed by atoms with Crippen molar-refractivity contribution in [3.8, 4) is 11.5 Å². The van der Waals surface area contributed by atoms with Gasteiger partial charge in [0.1, 0.15) is 29.2 Å². The van der Waals surface area contributed by atoms with Gasteiger partial charge in [0.05, 0.1) is 38.3 Å². The molecule has 0 saturated heterocycles. The molecular weight excluding hydrogens is 338 g/mol. The quantitative estimate of drug-likeness (QED) is 0.769. The first kappa shape index (κ1) is 16.2. The van der Waals surface area contributed by atoms with Crippen molar-refractivity contribution in [2.45, 2.75) is 19.1 Å². The third-order valence-electron chi connectivity index (χ3n) is 4.88. The highest BCUT2D eigenvalue weighted by molar-refractivity contribution is 7.16. The molecule has 3 heterocycles. The minimum Gasteiger partial charge on any atom is -0.497 e. The Kier molecular flexibility index (Phi) is 4.05. The minimum atomic E-state index is -0.314. The number of quaternary nitrogens is 1. The molecule has 3 N–H and O–H groups in total. The molecular formula is C18H22N3O3S+. The van der Waals surface area contributed by atoms with Gasteiger partial charge in [-0.25, -0.2) is 0 Å². The Hall–Kier alpha value is -2.25. The van der Waals surface area contributed by atoms with Crippen LogP contribution in [0.3, 0.4) is 0 Å². The molecule has 2 aromatic rings. The van der Waals surface area contributed by atoms with Crippen molar-refractivity contribution in [2.24, 2.45) is 0 Å². The average molecular weight is 360 g/mol. The molecule has 7 heteroatoms. The van der Waals surface area contributed by atoms with Crippen LogP contribution < -0.4 is 25.0 Å². The van der Waals surface area contributed by atoms with E-state index in [-0.39, 0.29) is 12.1 Å². The summed E-state index contributed by atoms with van der Waals surface area (Å²) in [5, 5.41) is 7.53. The molecule has 2 aliphatic rings. The van der Waals surface area contributed by atoms with E-state index in [9.17, 15) is 4.79 Å². The second kappa shape index (κ2) is 6.24. The number of ether oxygens (including phenoxy) is 2. The van der Waals surface area contributed by atoms with E-state index in [2.05, 4.69) is 17.7 Å². The number of benzene rings is 1. The molecule has 2 aliphatic heterocycles. The van der Waals surface area contributed by atoms with E-state index in [0.717, 1.165) is 41.4 Å². The number of fused-ring (bicyclic) bond motifs is 3. The highest BCUT2D eigenvalue weighted by Crippen LogP contribution is 2.40. The standard InChI is InChI=1S/C18H21N3O3S/c1-21-7-6-12-14(9-21)25-18-15(12)17(22)19-16(20-18)11-5-4-10(23-2)8-13(11)24-3/h4-5,8,16,20H,6-7,9H2,1-3H3,(H,19,22)/p+1/t16-/m1/s1. The van der Waals surface area contributed by atoms with Gasteiger partial charge in [0.2, 0.25) is 0 Å². The first-order valence-electron chi connectivity index (χ1n) is 8.36. The van der Waals surface area contributed by atoms with E-state index >= 15 is 0 Å². The Morgan fingerprint density at radius 2 is 2.08 bits per heavy atom. The van der Waals surface area contributed by atoms with Crippen LogP contribution in [0.5, 0.6) is 11.5 Å². The van der Waals surface area contributed by atoms with Gasteiger partial charge in [-0.2, -0.15) is 0 Å². The van der Waals surface area contributed by atoms with E-state index in [4.69, 9.17) is 9.47 Å². The first-order chi connectivity index (χ1) is 12.1. The molecule has 6 nitrogen and oxygen atoms in total. The molecule has 1 unspecified atom stereocenters. The van der Waals surface area contributed by atoms with Gasteiger partial charge in [-0.05, 0) is 17.7 Å². The number of anilines is 1. The maximum atomic E-state index is 12.8. The zero-order chi connectivity index (χ0) is 17.6. The summed E-state index contributed by atoms with van der Waals surface area (Å²) in [6, 6.07) is 5.63. The summed E-state index contributed by atoms with van der Waals surface area (Å²) >= 11 is 1.71. The summed E-state index contributed by atoms with van der Waals surface area (Å²) in [5.74, 6) is 1.40. The highest BCUT2D eigenvalue weighted by atomic mass is 32.1. The fourth-order valence-corrected chi connectivity index (χ4v) is 4.93. The summed E-state index contributed by atoms with van der Waals surface area (Å²) < 4.78 is 10.7. The van der Waals surface area contributed by atoms with Gasteiger partial charge in [-0.15, -0.1) is 11.3 Å². The maximum absolute atomic E-state index is 12.8. The molecule has 1 aromatic carbocycles. The number of carbonyl (C=O) groups excluding carboxylic acids is 1. The SMILES string of the molecule is COc1ccc([C@@H]2NC(=O)c3c(sc4c3CC[NH+](C)C4)N2)c(OC)c1. The van der Waals surface area contributed by atoms with E-state index in [0.29, 0.717) is 5.75 Å². The number of nitrogens with one attached hydrogen (secondary N) is 3. The Labute approximate surface area is 150 Å². The number of carbonyl (C=O) groups is 1. The number of rotatable bonds is 3. The zero-order valence-corrected chi connectivity index (χ0v) is 15.4. The monoisotopic (exact) mass is 360 g/mol. The zero-order valence-electron chi connectivity index (χ0n) is 14.6. The number of thiophene rings is 1. The lowest BCUT2D eigenvalue weighted by molar-refractivity contribution is -0.895.